The number of hydrogen-bond donors (Lipinski definition) is 4. The topological polar surface area (TPSA) is 90.5 Å². The summed E-state index contributed by atoms with van der Waals surface area (Å²) in [7, 11) is 0. The van der Waals surface area contributed by atoms with E-state index in [-0.39, 0.29) is 6.54 Å². The number of carbonyl (C=O) groups is 2. The number of amides is 2. The quantitative estimate of drug-likeness (QED) is 0.366. The molecule has 0 bridgehead atoms. The van der Waals surface area contributed by atoms with Gasteiger partial charge in [-0.3, -0.25) is 9.59 Å². The predicted molar refractivity (Wildman–Crippen MR) is 125 cm³/mol. The van der Waals surface area contributed by atoms with Crippen LogP contribution >= 0.6 is 0 Å². The lowest BCUT2D eigenvalue weighted by Crippen LogP contribution is -2.49. The third-order valence-corrected chi connectivity index (χ3v) is 5.40. The standard InChI is InChI=1S/C25H32F3N3O3/c1-4-7-22(32)21(15-29-14-18-11-10-16(2)12-17(18)3)31-24(34)13-23(33)30-20-9-6-5-8-19(20)25(26,27)28/h5-6,8-12,21-22,29,32H,4,7,13-15H2,1-3H3,(H,30,33)(H,31,34)/t21-,22-/m0/s1. The van der Waals surface area contributed by atoms with Crippen molar-refractivity contribution in [3.63, 3.8) is 0 Å². The van der Waals surface area contributed by atoms with E-state index in [1.54, 1.807) is 0 Å². The van der Waals surface area contributed by atoms with Gasteiger partial charge in [-0.1, -0.05) is 49.2 Å². The zero-order valence-corrected chi connectivity index (χ0v) is 19.6. The fraction of sp³-hybridized carbons (Fsp3) is 0.440. The third kappa shape index (κ3) is 8.46. The number of nitrogens with one attached hydrogen (secondary N) is 3. The molecule has 186 valence electrons. The summed E-state index contributed by atoms with van der Waals surface area (Å²) in [5, 5.41) is 18.5. The van der Waals surface area contributed by atoms with Gasteiger partial charge in [0, 0.05) is 13.1 Å². The Morgan fingerprint density at radius 3 is 2.41 bits per heavy atom. The van der Waals surface area contributed by atoms with E-state index < -0.39 is 47.8 Å². The summed E-state index contributed by atoms with van der Waals surface area (Å²) in [6.07, 6.45) is -5.00. The Morgan fingerprint density at radius 2 is 1.76 bits per heavy atom. The molecule has 34 heavy (non-hydrogen) atoms. The minimum Gasteiger partial charge on any atom is -0.391 e. The molecule has 0 saturated carbocycles. The molecule has 9 heteroatoms. The van der Waals surface area contributed by atoms with Gasteiger partial charge < -0.3 is 21.1 Å². The summed E-state index contributed by atoms with van der Waals surface area (Å²) in [6, 6.07) is 9.99. The largest absolute Gasteiger partial charge is 0.418 e. The summed E-state index contributed by atoms with van der Waals surface area (Å²) < 4.78 is 39.3. The number of halogens is 3. The van der Waals surface area contributed by atoms with Crippen LogP contribution < -0.4 is 16.0 Å². The number of benzene rings is 2. The smallest absolute Gasteiger partial charge is 0.391 e. The molecule has 0 saturated heterocycles. The summed E-state index contributed by atoms with van der Waals surface area (Å²) in [5.41, 5.74) is 1.96. The van der Waals surface area contributed by atoms with E-state index >= 15 is 0 Å². The van der Waals surface area contributed by atoms with E-state index in [1.165, 1.54) is 12.1 Å². The summed E-state index contributed by atoms with van der Waals surface area (Å²) in [4.78, 5) is 24.7. The molecule has 4 N–H and O–H groups in total. The average molecular weight is 480 g/mol. The van der Waals surface area contributed by atoms with E-state index in [4.69, 9.17) is 0 Å². The second kappa shape index (κ2) is 12.5. The predicted octanol–water partition coefficient (Wildman–Crippen LogP) is 4.09. The van der Waals surface area contributed by atoms with Crippen molar-refractivity contribution in [2.45, 2.75) is 64.9 Å². The van der Waals surface area contributed by atoms with Crippen LogP contribution in [0.15, 0.2) is 42.5 Å². The molecule has 0 fully saturated rings. The Bertz CT molecular complexity index is 979. The number of alkyl halides is 3. The maximum atomic E-state index is 13.1. The highest BCUT2D eigenvalue weighted by Crippen LogP contribution is 2.34. The van der Waals surface area contributed by atoms with Gasteiger partial charge >= 0.3 is 6.18 Å². The molecule has 0 heterocycles. The zero-order chi connectivity index (χ0) is 25.3. The first-order valence-electron chi connectivity index (χ1n) is 11.2. The Kier molecular flexibility index (Phi) is 10.1. The lowest BCUT2D eigenvalue weighted by Gasteiger charge is -2.24. The summed E-state index contributed by atoms with van der Waals surface area (Å²) in [6.45, 7) is 6.71. The van der Waals surface area contributed by atoms with Crippen molar-refractivity contribution < 1.29 is 27.9 Å². The molecule has 0 aromatic heterocycles. The molecule has 0 aliphatic carbocycles. The first kappa shape index (κ1) is 27.3. The number of para-hydroxylation sites is 1. The Labute approximate surface area is 197 Å². The van der Waals surface area contributed by atoms with Crippen LogP contribution in [0.5, 0.6) is 0 Å². The number of aliphatic hydroxyl groups is 1. The lowest BCUT2D eigenvalue weighted by molar-refractivity contribution is -0.137. The molecule has 2 aromatic rings. The SMILES string of the molecule is CCC[C@H](O)[C@H](CNCc1ccc(C)cc1C)NC(=O)CC(=O)Nc1ccccc1C(F)(F)F. The van der Waals surface area contributed by atoms with Gasteiger partial charge in [-0.15, -0.1) is 0 Å². The van der Waals surface area contributed by atoms with Gasteiger partial charge in [0.2, 0.25) is 11.8 Å². The van der Waals surface area contributed by atoms with Gasteiger partial charge in [-0.05, 0) is 43.5 Å². The number of rotatable bonds is 11. The molecule has 0 aliphatic rings. The van der Waals surface area contributed by atoms with Crippen molar-refractivity contribution in [3.8, 4) is 0 Å². The Balaban J connectivity index is 1.96. The van der Waals surface area contributed by atoms with Crippen LogP contribution in [-0.4, -0.2) is 35.6 Å². The molecular weight excluding hydrogens is 447 g/mol. The monoisotopic (exact) mass is 479 g/mol. The van der Waals surface area contributed by atoms with E-state index in [2.05, 4.69) is 22.0 Å². The highest BCUT2D eigenvalue weighted by atomic mass is 19.4. The van der Waals surface area contributed by atoms with Crippen LogP contribution in [0.3, 0.4) is 0 Å². The van der Waals surface area contributed by atoms with Crippen LogP contribution in [0.1, 0.15) is 48.4 Å². The molecule has 0 spiro atoms. The molecule has 2 atom stereocenters. The fourth-order valence-electron chi connectivity index (χ4n) is 3.62. The molecule has 0 unspecified atom stereocenters. The maximum absolute atomic E-state index is 13.1. The molecule has 2 aromatic carbocycles. The first-order chi connectivity index (χ1) is 16.0. The van der Waals surface area contributed by atoms with Crippen molar-refractivity contribution in [1.29, 1.82) is 0 Å². The summed E-state index contributed by atoms with van der Waals surface area (Å²) >= 11 is 0. The third-order valence-electron chi connectivity index (χ3n) is 5.40. The van der Waals surface area contributed by atoms with Crippen LogP contribution in [0.2, 0.25) is 0 Å². The number of aliphatic hydroxyl groups excluding tert-OH is 1. The van der Waals surface area contributed by atoms with Crippen molar-refractivity contribution in [2.75, 3.05) is 11.9 Å². The van der Waals surface area contributed by atoms with Gasteiger partial charge in [0.25, 0.3) is 0 Å². The van der Waals surface area contributed by atoms with Crippen LogP contribution in [0, 0.1) is 13.8 Å². The molecule has 2 amide bonds. The normalized spacial score (nSPS) is 13.3. The molecule has 2 rings (SSSR count). The van der Waals surface area contributed by atoms with E-state index in [0.29, 0.717) is 19.4 Å². The highest BCUT2D eigenvalue weighted by molar-refractivity contribution is 6.04. The van der Waals surface area contributed by atoms with Gasteiger partial charge in [0.15, 0.2) is 0 Å². The van der Waals surface area contributed by atoms with E-state index in [0.717, 1.165) is 28.8 Å². The minimum atomic E-state index is -4.64. The van der Waals surface area contributed by atoms with Crippen molar-refractivity contribution in [1.82, 2.24) is 10.6 Å². The van der Waals surface area contributed by atoms with Gasteiger partial charge in [-0.25, -0.2) is 0 Å². The second-order valence-electron chi connectivity index (χ2n) is 8.36. The number of carbonyl (C=O) groups excluding carboxylic acids is 2. The van der Waals surface area contributed by atoms with E-state index in [9.17, 15) is 27.9 Å². The highest BCUT2D eigenvalue weighted by Gasteiger charge is 2.33. The number of anilines is 1. The lowest BCUT2D eigenvalue weighted by atomic mass is 10.0. The summed E-state index contributed by atoms with van der Waals surface area (Å²) in [5.74, 6) is -1.56. The van der Waals surface area contributed by atoms with Gasteiger partial charge in [0.05, 0.1) is 23.4 Å². The van der Waals surface area contributed by atoms with Crippen molar-refractivity contribution in [3.05, 3.63) is 64.7 Å². The molecule has 0 radical (unpaired) electrons. The zero-order valence-electron chi connectivity index (χ0n) is 19.6. The van der Waals surface area contributed by atoms with Gasteiger partial charge in [-0.2, -0.15) is 13.2 Å². The number of aryl methyl sites for hydroxylation is 2. The van der Waals surface area contributed by atoms with Crippen molar-refractivity contribution >= 4 is 17.5 Å². The average Bonchev–Trinajstić information content (AvgIpc) is 2.74. The van der Waals surface area contributed by atoms with Crippen LogP contribution in [-0.2, 0) is 22.3 Å². The first-order valence-corrected chi connectivity index (χ1v) is 11.2. The molecule has 0 aliphatic heterocycles. The fourth-order valence-corrected chi connectivity index (χ4v) is 3.62. The minimum absolute atomic E-state index is 0.263. The van der Waals surface area contributed by atoms with Crippen LogP contribution in [0.4, 0.5) is 18.9 Å². The van der Waals surface area contributed by atoms with Crippen molar-refractivity contribution in [2.24, 2.45) is 0 Å². The molecular formula is C25H32F3N3O3. The maximum Gasteiger partial charge on any atom is 0.418 e. The Hall–Kier alpha value is -2.91. The van der Waals surface area contributed by atoms with Crippen LogP contribution in [0.25, 0.3) is 0 Å². The van der Waals surface area contributed by atoms with E-state index in [1.807, 2.05) is 32.9 Å². The van der Waals surface area contributed by atoms with Gasteiger partial charge in [0.1, 0.15) is 6.42 Å². The molecule has 6 nitrogen and oxygen atoms in total. The Morgan fingerprint density at radius 1 is 1.06 bits per heavy atom. The number of hydrogen-bond acceptors (Lipinski definition) is 4. The second-order valence-corrected chi connectivity index (χ2v) is 8.36.